The second-order valence-electron chi connectivity index (χ2n) is 3.76. The lowest BCUT2D eigenvalue weighted by Crippen LogP contribution is -2.13. The van der Waals surface area contributed by atoms with Gasteiger partial charge in [-0.2, -0.15) is 5.10 Å². The molecule has 0 amide bonds. The van der Waals surface area contributed by atoms with Crippen molar-refractivity contribution >= 4 is 0 Å². The molecule has 0 aromatic carbocycles. The summed E-state index contributed by atoms with van der Waals surface area (Å²) in [5, 5.41) is 4.11. The summed E-state index contributed by atoms with van der Waals surface area (Å²) < 4.78 is 7.01. The van der Waals surface area contributed by atoms with Gasteiger partial charge in [0.05, 0.1) is 12.5 Å². The van der Waals surface area contributed by atoms with Gasteiger partial charge in [-0.1, -0.05) is 0 Å². The number of aryl methyl sites for hydroxylation is 2. The molecule has 80 valence electrons. The molecule has 2 N–H and O–H groups in total. The quantitative estimate of drug-likeness (QED) is 0.827. The van der Waals surface area contributed by atoms with Crippen molar-refractivity contribution in [2.75, 3.05) is 0 Å². The Labute approximate surface area is 88.7 Å². The van der Waals surface area contributed by atoms with E-state index in [0.717, 1.165) is 23.3 Å². The molecule has 0 aliphatic carbocycles. The highest BCUT2D eigenvalue weighted by Gasteiger charge is 2.12. The lowest BCUT2D eigenvalue weighted by atomic mass is 10.0. The molecule has 0 bridgehead atoms. The Kier molecular flexibility index (Phi) is 2.60. The minimum Gasteiger partial charge on any atom is -0.469 e. The van der Waals surface area contributed by atoms with Crippen LogP contribution in [0.25, 0.3) is 0 Å². The number of nitrogens with zero attached hydrogens (tertiary/aromatic N) is 2. The second kappa shape index (κ2) is 3.90. The Bertz CT molecular complexity index is 444. The molecule has 4 nitrogen and oxygen atoms in total. The monoisotopic (exact) mass is 205 g/mol. The SMILES string of the molecule is Cc1occc1C(N)Cc1cnn(C)c1. The molecule has 0 aliphatic rings. The fourth-order valence-electron chi connectivity index (χ4n) is 1.72. The van der Waals surface area contributed by atoms with Crippen molar-refractivity contribution in [3.63, 3.8) is 0 Å². The van der Waals surface area contributed by atoms with E-state index in [1.54, 1.807) is 10.9 Å². The molecular formula is C11H15N3O. The Morgan fingerprint density at radius 1 is 1.60 bits per heavy atom. The van der Waals surface area contributed by atoms with Crippen LogP contribution in [0.1, 0.15) is 22.9 Å². The first kappa shape index (κ1) is 9.98. The lowest BCUT2D eigenvalue weighted by Gasteiger charge is -2.08. The van der Waals surface area contributed by atoms with Crippen LogP contribution >= 0.6 is 0 Å². The highest BCUT2D eigenvalue weighted by atomic mass is 16.3. The Hall–Kier alpha value is -1.55. The van der Waals surface area contributed by atoms with E-state index in [1.165, 1.54) is 0 Å². The van der Waals surface area contributed by atoms with Crippen LogP contribution in [0, 0.1) is 6.92 Å². The van der Waals surface area contributed by atoms with Crippen LogP contribution in [-0.4, -0.2) is 9.78 Å². The molecule has 0 aliphatic heterocycles. The van der Waals surface area contributed by atoms with Crippen LogP contribution in [0.15, 0.2) is 29.1 Å². The summed E-state index contributed by atoms with van der Waals surface area (Å²) >= 11 is 0. The van der Waals surface area contributed by atoms with E-state index in [2.05, 4.69) is 5.10 Å². The van der Waals surface area contributed by atoms with Crippen LogP contribution in [-0.2, 0) is 13.5 Å². The van der Waals surface area contributed by atoms with E-state index < -0.39 is 0 Å². The fourth-order valence-corrected chi connectivity index (χ4v) is 1.72. The van der Waals surface area contributed by atoms with Crippen LogP contribution in [0.3, 0.4) is 0 Å². The van der Waals surface area contributed by atoms with Crippen LogP contribution in [0.4, 0.5) is 0 Å². The third-order valence-electron chi connectivity index (χ3n) is 2.51. The minimum atomic E-state index is -0.0204. The molecule has 15 heavy (non-hydrogen) atoms. The van der Waals surface area contributed by atoms with Gasteiger partial charge in [-0.05, 0) is 25.0 Å². The van der Waals surface area contributed by atoms with E-state index in [-0.39, 0.29) is 6.04 Å². The van der Waals surface area contributed by atoms with Crippen molar-refractivity contribution in [2.45, 2.75) is 19.4 Å². The van der Waals surface area contributed by atoms with Gasteiger partial charge in [0.25, 0.3) is 0 Å². The maximum absolute atomic E-state index is 6.08. The standard InChI is InChI=1S/C11H15N3O/c1-8-10(3-4-15-8)11(12)5-9-6-13-14(2)7-9/h3-4,6-7,11H,5,12H2,1-2H3. The van der Waals surface area contributed by atoms with E-state index in [4.69, 9.17) is 10.2 Å². The number of nitrogens with two attached hydrogens (primary N) is 1. The molecule has 2 aromatic rings. The van der Waals surface area contributed by atoms with Crippen molar-refractivity contribution < 1.29 is 4.42 Å². The summed E-state index contributed by atoms with van der Waals surface area (Å²) in [4.78, 5) is 0. The Morgan fingerprint density at radius 3 is 2.93 bits per heavy atom. The first-order valence-corrected chi connectivity index (χ1v) is 4.94. The molecule has 2 aromatic heterocycles. The maximum Gasteiger partial charge on any atom is 0.105 e. The number of rotatable bonds is 3. The third-order valence-corrected chi connectivity index (χ3v) is 2.51. The average Bonchev–Trinajstić information content (AvgIpc) is 2.75. The molecule has 0 fully saturated rings. The smallest absolute Gasteiger partial charge is 0.105 e. The number of hydrogen-bond donors (Lipinski definition) is 1. The fraction of sp³-hybridized carbons (Fsp3) is 0.364. The molecule has 2 heterocycles. The number of furan rings is 1. The third kappa shape index (κ3) is 2.10. The highest BCUT2D eigenvalue weighted by molar-refractivity contribution is 5.22. The molecule has 0 saturated carbocycles. The van der Waals surface area contributed by atoms with Crippen LogP contribution in [0.2, 0.25) is 0 Å². The summed E-state index contributed by atoms with van der Waals surface area (Å²) in [6.45, 7) is 1.93. The van der Waals surface area contributed by atoms with Crippen molar-refractivity contribution in [1.29, 1.82) is 0 Å². The van der Waals surface area contributed by atoms with Gasteiger partial charge in [0.15, 0.2) is 0 Å². The topological polar surface area (TPSA) is 57.0 Å². The van der Waals surface area contributed by atoms with Gasteiger partial charge in [-0.25, -0.2) is 0 Å². The molecule has 1 atom stereocenters. The zero-order valence-corrected chi connectivity index (χ0v) is 8.97. The molecule has 0 spiro atoms. The second-order valence-corrected chi connectivity index (χ2v) is 3.76. The van der Waals surface area contributed by atoms with Gasteiger partial charge in [0.2, 0.25) is 0 Å². The first-order chi connectivity index (χ1) is 7.16. The van der Waals surface area contributed by atoms with Crippen molar-refractivity contribution in [2.24, 2.45) is 12.8 Å². The largest absolute Gasteiger partial charge is 0.469 e. The summed E-state index contributed by atoms with van der Waals surface area (Å²) in [6.07, 6.45) is 6.28. The van der Waals surface area contributed by atoms with Gasteiger partial charge in [0.1, 0.15) is 5.76 Å². The van der Waals surface area contributed by atoms with Crippen LogP contribution < -0.4 is 5.73 Å². The predicted molar refractivity (Wildman–Crippen MR) is 57.3 cm³/mol. The predicted octanol–water partition coefficient (Wildman–Crippen LogP) is 1.56. The van der Waals surface area contributed by atoms with E-state index >= 15 is 0 Å². The van der Waals surface area contributed by atoms with E-state index in [9.17, 15) is 0 Å². The Morgan fingerprint density at radius 2 is 2.40 bits per heavy atom. The molecule has 1 unspecified atom stereocenters. The Balaban J connectivity index is 2.10. The summed E-state index contributed by atoms with van der Waals surface area (Å²) in [5.74, 6) is 0.895. The number of aromatic nitrogens is 2. The van der Waals surface area contributed by atoms with Crippen LogP contribution in [0.5, 0.6) is 0 Å². The van der Waals surface area contributed by atoms with Gasteiger partial charge in [0, 0.05) is 24.8 Å². The lowest BCUT2D eigenvalue weighted by molar-refractivity contribution is 0.524. The van der Waals surface area contributed by atoms with Gasteiger partial charge in [-0.3, -0.25) is 4.68 Å². The van der Waals surface area contributed by atoms with Crippen molar-refractivity contribution in [3.05, 3.63) is 41.6 Å². The van der Waals surface area contributed by atoms with Gasteiger partial charge < -0.3 is 10.2 Å². The minimum absolute atomic E-state index is 0.0204. The molecular weight excluding hydrogens is 190 g/mol. The zero-order chi connectivity index (χ0) is 10.8. The summed E-state index contributed by atoms with van der Waals surface area (Å²) in [6, 6.07) is 1.91. The normalized spacial score (nSPS) is 13.0. The number of hydrogen-bond acceptors (Lipinski definition) is 3. The summed E-state index contributed by atoms with van der Waals surface area (Å²) in [5.41, 5.74) is 8.30. The van der Waals surface area contributed by atoms with E-state index in [0.29, 0.717) is 0 Å². The highest BCUT2D eigenvalue weighted by Crippen LogP contribution is 2.19. The molecule has 0 radical (unpaired) electrons. The van der Waals surface area contributed by atoms with Gasteiger partial charge >= 0.3 is 0 Å². The van der Waals surface area contributed by atoms with E-state index in [1.807, 2.05) is 32.4 Å². The average molecular weight is 205 g/mol. The molecule has 2 rings (SSSR count). The van der Waals surface area contributed by atoms with Crippen molar-refractivity contribution in [3.8, 4) is 0 Å². The first-order valence-electron chi connectivity index (χ1n) is 4.94. The summed E-state index contributed by atoms with van der Waals surface area (Å²) in [7, 11) is 1.90. The maximum atomic E-state index is 6.08. The zero-order valence-electron chi connectivity index (χ0n) is 8.97. The molecule has 0 saturated heterocycles. The van der Waals surface area contributed by atoms with Crippen molar-refractivity contribution in [1.82, 2.24) is 9.78 Å². The molecule has 4 heteroatoms. The van der Waals surface area contributed by atoms with Gasteiger partial charge in [-0.15, -0.1) is 0 Å².